The summed E-state index contributed by atoms with van der Waals surface area (Å²) in [6.45, 7) is 0.350. The minimum absolute atomic E-state index is 0.0938. The number of methoxy groups -OCH3 is 1. The standard InChI is InChI=1S/C20H19NO5/c1-25-17-5-2-4-15(12-17)20(24)26-13-18(22)14-7-9-16(10-8-14)21-11-3-6-19(21)23/h2,4-5,7-10,12H,3,6,11,13H2,1H3. The van der Waals surface area contributed by atoms with Crippen LogP contribution in [0, 0.1) is 0 Å². The Bertz CT molecular complexity index is 828. The number of ether oxygens (including phenoxy) is 2. The number of ketones is 1. The molecule has 1 fully saturated rings. The number of benzene rings is 2. The summed E-state index contributed by atoms with van der Waals surface area (Å²) >= 11 is 0. The Morgan fingerprint density at radius 3 is 2.50 bits per heavy atom. The van der Waals surface area contributed by atoms with Gasteiger partial charge in [-0.3, -0.25) is 9.59 Å². The molecule has 1 aliphatic rings. The van der Waals surface area contributed by atoms with Crippen LogP contribution in [-0.4, -0.2) is 37.9 Å². The van der Waals surface area contributed by atoms with Gasteiger partial charge in [0, 0.05) is 24.2 Å². The molecule has 0 N–H and O–H groups in total. The molecule has 6 heteroatoms. The van der Waals surface area contributed by atoms with Gasteiger partial charge in [0.25, 0.3) is 0 Å². The third-order valence-electron chi connectivity index (χ3n) is 4.21. The minimum Gasteiger partial charge on any atom is -0.497 e. The molecule has 1 amide bonds. The number of nitrogens with zero attached hydrogens (tertiary/aromatic N) is 1. The van der Waals surface area contributed by atoms with Crippen molar-refractivity contribution in [1.82, 2.24) is 0 Å². The summed E-state index contributed by atoms with van der Waals surface area (Å²) in [7, 11) is 1.51. The predicted molar refractivity (Wildman–Crippen MR) is 95.6 cm³/mol. The van der Waals surface area contributed by atoms with Crippen LogP contribution in [0.3, 0.4) is 0 Å². The molecule has 3 rings (SSSR count). The summed E-state index contributed by atoms with van der Waals surface area (Å²) in [5.41, 5.74) is 1.52. The molecule has 26 heavy (non-hydrogen) atoms. The predicted octanol–water partition coefficient (Wildman–Crippen LogP) is 2.86. The van der Waals surface area contributed by atoms with Gasteiger partial charge in [-0.15, -0.1) is 0 Å². The van der Waals surface area contributed by atoms with Gasteiger partial charge in [0.15, 0.2) is 12.4 Å². The largest absolute Gasteiger partial charge is 0.497 e. The van der Waals surface area contributed by atoms with Crippen LogP contribution in [0.1, 0.15) is 33.6 Å². The molecule has 0 aliphatic carbocycles. The molecule has 6 nitrogen and oxygen atoms in total. The lowest BCUT2D eigenvalue weighted by molar-refractivity contribution is -0.117. The zero-order valence-corrected chi connectivity index (χ0v) is 14.4. The Morgan fingerprint density at radius 1 is 1.08 bits per heavy atom. The molecule has 0 aromatic heterocycles. The van der Waals surface area contributed by atoms with E-state index in [-0.39, 0.29) is 18.3 Å². The van der Waals surface area contributed by atoms with E-state index in [0.717, 1.165) is 12.1 Å². The van der Waals surface area contributed by atoms with Crippen molar-refractivity contribution in [2.75, 3.05) is 25.2 Å². The van der Waals surface area contributed by atoms with Crippen molar-refractivity contribution in [1.29, 1.82) is 0 Å². The maximum absolute atomic E-state index is 12.2. The van der Waals surface area contributed by atoms with Crippen molar-refractivity contribution in [2.45, 2.75) is 12.8 Å². The molecule has 1 heterocycles. The summed E-state index contributed by atoms with van der Waals surface area (Å²) in [6.07, 6.45) is 1.40. The van der Waals surface area contributed by atoms with E-state index in [2.05, 4.69) is 0 Å². The SMILES string of the molecule is COc1cccc(C(=O)OCC(=O)c2ccc(N3CCCC3=O)cc2)c1. The van der Waals surface area contributed by atoms with E-state index in [9.17, 15) is 14.4 Å². The van der Waals surface area contributed by atoms with Gasteiger partial charge in [0.05, 0.1) is 12.7 Å². The number of hydrogen-bond donors (Lipinski definition) is 0. The molecule has 0 radical (unpaired) electrons. The van der Waals surface area contributed by atoms with E-state index in [1.807, 2.05) is 0 Å². The zero-order chi connectivity index (χ0) is 18.5. The summed E-state index contributed by atoms with van der Waals surface area (Å²) in [5.74, 6) is -0.258. The lowest BCUT2D eigenvalue weighted by Crippen LogP contribution is -2.23. The highest BCUT2D eigenvalue weighted by Crippen LogP contribution is 2.21. The highest BCUT2D eigenvalue weighted by molar-refractivity contribution is 6.00. The lowest BCUT2D eigenvalue weighted by Gasteiger charge is -2.15. The molecule has 1 aliphatic heterocycles. The average molecular weight is 353 g/mol. The zero-order valence-electron chi connectivity index (χ0n) is 14.4. The van der Waals surface area contributed by atoms with Gasteiger partial charge in [-0.25, -0.2) is 4.79 Å². The Balaban J connectivity index is 1.59. The second-order valence-corrected chi connectivity index (χ2v) is 5.93. The van der Waals surface area contributed by atoms with Crippen molar-refractivity contribution in [3.63, 3.8) is 0 Å². The van der Waals surface area contributed by atoms with Crippen molar-refractivity contribution in [3.05, 3.63) is 59.7 Å². The molecule has 0 unspecified atom stereocenters. The fraction of sp³-hybridized carbons (Fsp3) is 0.250. The minimum atomic E-state index is -0.587. The maximum Gasteiger partial charge on any atom is 0.338 e. The number of carbonyl (C=O) groups excluding carboxylic acids is 3. The molecule has 0 spiro atoms. The Hall–Kier alpha value is -3.15. The van der Waals surface area contributed by atoms with Crippen molar-refractivity contribution < 1.29 is 23.9 Å². The molecule has 0 saturated carbocycles. The van der Waals surface area contributed by atoms with Gasteiger partial charge in [-0.05, 0) is 48.9 Å². The quantitative estimate of drug-likeness (QED) is 0.590. The molecule has 2 aromatic rings. The van der Waals surface area contributed by atoms with Crippen molar-refractivity contribution >= 4 is 23.3 Å². The number of esters is 1. The summed E-state index contributed by atoms with van der Waals surface area (Å²) in [5, 5.41) is 0. The number of Topliss-reactive ketones (excluding diaryl/α,β-unsaturated/α-hetero) is 1. The number of hydrogen-bond acceptors (Lipinski definition) is 5. The van der Waals surface area contributed by atoms with Crippen molar-refractivity contribution in [2.24, 2.45) is 0 Å². The van der Waals surface area contributed by atoms with E-state index in [0.29, 0.717) is 29.8 Å². The molecule has 134 valence electrons. The first-order valence-electron chi connectivity index (χ1n) is 8.33. The normalized spacial score (nSPS) is 13.6. The number of carbonyl (C=O) groups is 3. The second-order valence-electron chi connectivity index (χ2n) is 5.93. The highest BCUT2D eigenvalue weighted by Gasteiger charge is 2.21. The van der Waals surface area contributed by atoms with Crippen LogP contribution in [0.5, 0.6) is 5.75 Å². The molecule has 0 atom stereocenters. The maximum atomic E-state index is 12.2. The smallest absolute Gasteiger partial charge is 0.338 e. The first-order valence-corrected chi connectivity index (χ1v) is 8.33. The molecular weight excluding hydrogens is 334 g/mol. The van der Waals surface area contributed by atoms with Gasteiger partial charge < -0.3 is 14.4 Å². The third kappa shape index (κ3) is 3.91. The van der Waals surface area contributed by atoms with Crippen LogP contribution in [-0.2, 0) is 9.53 Å². The monoisotopic (exact) mass is 353 g/mol. The van der Waals surface area contributed by atoms with E-state index in [1.54, 1.807) is 53.4 Å². The highest BCUT2D eigenvalue weighted by atomic mass is 16.5. The van der Waals surface area contributed by atoms with Crippen LogP contribution >= 0.6 is 0 Å². The van der Waals surface area contributed by atoms with E-state index in [1.165, 1.54) is 7.11 Å². The third-order valence-corrected chi connectivity index (χ3v) is 4.21. The van der Waals surface area contributed by atoms with E-state index < -0.39 is 5.97 Å². The summed E-state index contributed by atoms with van der Waals surface area (Å²) in [6, 6.07) is 13.3. The van der Waals surface area contributed by atoms with E-state index in [4.69, 9.17) is 9.47 Å². The molecule has 1 saturated heterocycles. The Labute approximate surface area is 151 Å². The number of anilines is 1. The lowest BCUT2D eigenvalue weighted by atomic mass is 10.1. The Kier molecular flexibility index (Phi) is 5.31. The van der Waals surface area contributed by atoms with Crippen LogP contribution in [0.4, 0.5) is 5.69 Å². The van der Waals surface area contributed by atoms with E-state index >= 15 is 0 Å². The van der Waals surface area contributed by atoms with Crippen molar-refractivity contribution in [3.8, 4) is 5.75 Å². The number of amides is 1. The van der Waals surface area contributed by atoms with Crippen LogP contribution < -0.4 is 9.64 Å². The first-order chi connectivity index (χ1) is 12.6. The van der Waals surface area contributed by atoms with Crippen LogP contribution in [0.15, 0.2) is 48.5 Å². The summed E-state index contributed by atoms with van der Waals surface area (Å²) in [4.78, 5) is 37.7. The van der Waals surface area contributed by atoms with Gasteiger partial charge in [-0.2, -0.15) is 0 Å². The molecule has 0 bridgehead atoms. The van der Waals surface area contributed by atoms with Crippen LogP contribution in [0.2, 0.25) is 0 Å². The van der Waals surface area contributed by atoms with Gasteiger partial charge in [0.1, 0.15) is 5.75 Å². The number of rotatable bonds is 6. The topological polar surface area (TPSA) is 72.9 Å². The first kappa shape index (κ1) is 17.7. The fourth-order valence-corrected chi connectivity index (χ4v) is 2.80. The van der Waals surface area contributed by atoms with Gasteiger partial charge in [0.2, 0.25) is 5.91 Å². The van der Waals surface area contributed by atoms with Gasteiger partial charge >= 0.3 is 5.97 Å². The fourth-order valence-electron chi connectivity index (χ4n) is 2.80. The van der Waals surface area contributed by atoms with Gasteiger partial charge in [-0.1, -0.05) is 6.07 Å². The average Bonchev–Trinajstić information content (AvgIpc) is 3.12. The van der Waals surface area contributed by atoms with Crippen LogP contribution in [0.25, 0.3) is 0 Å². The summed E-state index contributed by atoms with van der Waals surface area (Å²) < 4.78 is 10.1. The Morgan fingerprint density at radius 2 is 1.85 bits per heavy atom. The molecular formula is C20H19NO5. The second kappa shape index (κ2) is 7.82. The molecule has 2 aromatic carbocycles.